The Labute approximate surface area is 275 Å². The number of rotatable bonds is 6. The summed E-state index contributed by atoms with van der Waals surface area (Å²) in [5.41, 5.74) is -3.30. The van der Waals surface area contributed by atoms with E-state index in [0.717, 1.165) is 28.2 Å². The third-order valence-corrected chi connectivity index (χ3v) is 10.4. The van der Waals surface area contributed by atoms with Crippen LogP contribution < -0.4 is 5.32 Å². The molecule has 1 aliphatic carbocycles. The Balaban J connectivity index is 1.33. The van der Waals surface area contributed by atoms with Gasteiger partial charge in [0.05, 0.1) is 17.2 Å². The second-order valence-electron chi connectivity index (χ2n) is 11.5. The predicted octanol–water partition coefficient (Wildman–Crippen LogP) is 7.19. The van der Waals surface area contributed by atoms with Crippen LogP contribution >= 0.6 is 0 Å². The SMILES string of the molecule is CCS(=O)(=O)c1ccc2c(c1)CN(C(=O)OC1c3ccccc3-c3ccccc31)C2C(=O)Nc1ccc(C(O)(C(F)(F)F)C(F)(F)F)cc1. The van der Waals surface area contributed by atoms with Crippen LogP contribution in [0.3, 0.4) is 0 Å². The Morgan fingerprint density at radius 1 is 0.837 bits per heavy atom. The number of hydrogen-bond acceptors (Lipinski definition) is 6. The molecule has 1 aliphatic heterocycles. The van der Waals surface area contributed by atoms with Crippen molar-refractivity contribution in [2.45, 2.75) is 48.5 Å². The van der Waals surface area contributed by atoms with Gasteiger partial charge in [0.1, 0.15) is 6.04 Å². The van der Waals surface area contributed by atoms with Crippen molar-refractivity contribution in [3.05, 3.63) is 119 Å². The summed E-state index contributed by atoms with van der Waals surface area (Å²) in [6, 6.07) is 19.3. The maximum absolute atomic E-state index is 13.9. The van der Waals surface area contributed by atoms with Crippen molar-refractivity contribution >= 4 is 27.5 Å². The molecule has 0 spiro atoms. The van der Waals surface area contributed by atoms with E-state index in [2.05, 4.69) is 5.32 Å². The van der Waals surface area contributed by atoms with Gasteiger partial charge in [-0.2, -0.15) is 26.3 Å². The summed E-state index contributed by atoms with van der Waals surface area (Å²) in [6.07, 6.45) is -14.0. The van der Waals surface area contributed by atoms with Crippen molar-refractivity contribution in [3.63, 3.8) is 0 Å². The number of alkyl halides is 6. The van der Waals surface area contributed by atoms with Gasteiger partial charge in [0.25, 0.3) is 11.5 Å². The first-order chi connectivity index (χ1) is 23.0. The molecule has 0 bridgehead atoms. The fourth-order valence-electron chi connectivity index (χ4n) is 6.14. The van der Waals surface area contributed by atoms with Crippen LogP contribution in [0, 0.1) is 0 Å². The molecule has 256 valence electrons. The number of anilines is 1. The average Bonchev–Trinajstić information content (AvgIpc) is 3.60. The lowest BCUT2D eigenvalue weighted by Gasteiger charge is -2.32. The molecule has 6 rings (SSSR count). The normalized spacial score (nSPS) is 16.2. The van der Waals surface area contributed by atoms with Crippen LogP contribution in [0.1, 0.15) is 46.9 Å². The van der Waals surface area contributed by atoms with Gasteiger partial charge in [-0.15, -0.1) is 0 Å². The Morgan fingerprint density at radius 3 is 1.92 bits per heavy atom. The molecule has 1 heterocycles. The minimum absolute atomic E-state index is 0.0424. The topological polar surface area (TPSA) is 113 Å². The lowest BCUT2D eigenvalue weighted by atomic mass is 9.92. The van der Waals surface area contributed by atoms with Crippen LogP contribution in [-0.2, 0) is 31.5 Å². The van der Waals surface area contributed by atoms with E-state index in [0.29, 0.717) is 28.8 Å². The molecular formula is C34H26F6N2O6S. The molecule has 1 unspecified atom stereocenters. The van der Waals surface area contributed by atoms with Crippen molar-refractivity contribution in [1.82, 2.24) is 4.90 Å². The van der Waals surface area contributed by atoms with Crippen LogP contribution in [-0.4, -0.2) is 48.5 Å². The first kappa shape index (κ1) is 34.0. The second-order valence-corrected chi connectivity index (χ2v) is 13.8. The largest absolute Gasteiger partial charge is 0.436 e. The second kappa shape index (κ2) is 11.9. The van der Waals surface area contributed by atoms with E-state index in [4.69, 9.17) is 4.74 Å². The number of hydrogen-bond donors (Lipinski definition) is 2. The highest BCUT2D eigenvalue weighted by molar-refractivity contribution is 7.91. The van der Waals surface area contributed by atoms with Gasteiger partial charge >= 0.3 is 18.4 Å². The number of benzene rings is 4. The zero-order chi connectivity index (χ0) is 35.5. The summed E-state index contributed by atoms with van der Waals surface area (Å²) in [7, 11) is -3.68. The summed E-state index contributed by atoms with van der Waals surface area (Å²) in [4.78, 5) is 28.7. The van der Waals surface area contributed by atoms with E-state index in [1.807, 2.05) is 24.3 Å². The highest BCUT2D eigenvalue weighted by Crippen LogP contribution is 2.50. The van der Waals surface area contributed by atoms with Crippen molar-refractivity contribution in [2.75, 3.05) is 11.1 Å². The Morgan fingerprint density at radius 2 is 1.39 bits per heavy atom. The number of carbonyl (C=O) groups is 2. The number of nitrogens with zero attached hydrogens (tertiary/aromatic N) is 1. The Kier molecular flexibility index (Phi) is 8.26. The fraction of sp³-hybridized carbons (Fsp3) is 0.235. The van der Waals surface area contributed by atoms with Crippen molar-refractivity contribution in [3.8, 4) is 11.1 Å². The molecule has 0 saturated heterocycles. The van der Waals surface area contributed by atoms with E-state index >= 15 is 0 Å². The minimum atomic E-state index is -6.10. The number of ether oxygens (including phenoxy) is 1. The van der Waals surface area contributed by atoms with E-state index in [1.165, 1.54) is 25.1 Å². The van der Waals surface area contributed by atoms with Crippen LogP contribution in [0.4, 0.5) is 36.8 Å². The van der Waals surface area contributed by atoms with Gasteiger partial charge in [-0.3, -0.25) is 9.69 Å². The monoisotopic (exact) mass is 704 g/mol. The smallest absolute Gasteiger partial charge is 0.430 e. The average molecular weight is 705 g/mol. The lowest BCUT2D eigenvalue weighted by molar-refractivity contribution is -0.376. The first-order valence-corrected chi connectivity index (χ1v) is 16.4. The van der Waals surface area contributed by atoms with Crippen molar-refractivity contribution < 1.29 is 54.2 Å². The molecule has 4 aromatic carbocycles. The molecular weight excluding hydrogens is 678 g/mol. The molecule has 2 aliphatic rings. The molecule has 0 fully saturated rings. The number of amides is 2. The van der Waals surface area contributed by atoms with E-state index in [9.17, 15) is 49.5 Å². The molecule has 0 aromatic heterocycles. The molecule has 0 saturated carbocycles. The van der Waals surface area contributed by atoms with Gasteiger partial charge in [-0.05, 0) is 46.5 Å². The zero-order valence-corrected chi connectivity index (χ0v) is 26.2. The Hall–Kier alpha value is -4.89. The van der Waals surface area contributed by atoms with Gasteiger partial charge in [0.2, 0.25) is 0 Å². The summed E-state index contributed by atoms with van der Waals surface area (Å²) in [6.45, 7) is 1.20. The van der Waals surface area contributed by atoms with E-state index in [-0.39, 0.29) is 28.4 Å². The van der Waals surface area contributed by atoms with Crippen LogP contribution in [0.5, 0.6) is 0 Å². The molecule has 8 nitrogen and oxygen atoms in total. The van der Waals surface area contributed by atoms with Gasteiger partial charge < -0.3 is 15.2 Å². The minimum Gasteiger partial charge on any atom is -0.436 e. The molecule has 2 N–H and O–H groups in total. The van der Waals surface area contributed by atoms with E-state index < -0.39 is 57.5 Å². The summed E-state index contributed by atoms with van der Waals surface area (Å²) >= 11 is 0. The number of fused-ring (bicyclic) bond motifs is 4. The number of halogens is 6. The Bertz CT molecular complexity index is 2010. The number of sulfone groups is 1. The predicted molar refractivity (Wildman–Crippen MR) is 164 cm³/mol. The van der Waals surface area contributed by atoms with Crippen molar-refractivity contribution in [1.29, 1.82) is 0 Å². The maximum Gasteiger partial charge on any atom is 0.430 e. The third-order valence-electron chi connectivity index (χ3n) is 8.67. The quantitative estimate of drug-likeness (QED) is 0.206. The number of aliphatic hydroxyl groups is 1. The fourth-order valence-corrected chi connectivity index (χ4v) is 7.07. The molecule has 4 aromatic rings. The summed E-state index contributed by atoms with van der Waals surface area (Å²) < 4.78 is 111. The van der Waals surface area contributed by atoms with Gasteiger partial charge in [-0.1, -0.05) is 73.7 Å². The van der Waals surface area contributed by atoms with Crippen LogP contribution in [0.15, 0.2) is 95.9 Å². The maximum atomic E-state index is 13.9. The first-order valence-electron chi connectivity index (χ1n) is 14.8. The van der Waals surface area contributed by atoms with E-state index in [1.54, 1.807) is 24.3 Å². The molecule has 15 heteroatoms. The standard InChI is InChI=1S/C34H26F6N2O6S/c1-2-49(46,47)22-15-16-23-19(17-22)18-42(31(44)48-29-26-9-5-3-7-24(26)25-8-4-6-10-27(25)29)28(23)30(43)41-21-13-11-20(12-14-21)32(45,33(35,36)37)34(38,39)40/h3-17,28-29,45H,2,18H2,1H3,(H,41,43). The number of carbonyl (C=O) groups excluding carboxylic acids is 2. The molecule has 49 heavy (non-hydrogen) atoms. The lowest BCUT2D eigenvalue weighted by Crippen LogP contribution is -2.53. The summed E-state index contributed by atoms with van der Waals surface area (Å²) in [5.74, 6) is -1.13. The third kappa shape index (κ3) is 5.69. The van der Waals surface area contributed by atoms with Crippen LogP contribution in [0.2, 0.25) is 0 Å². The van der Waals surface area contributed by atoms with Gasteiger partial charge in [-0.25, -0.2) is 13.2 Å². The van der Waals surface area contributed by atoms with Gasteiger partial charge in [0.15, 0.2) is 15.9 Å². The van der Waals surface area contributed by atoms with Gasteiger partial charge in [0, 0.05) is 22.4 Å². The highest BCUT2D eigenvalue weighted by Gasteiger charge is 2.71. The van der Waals surface area contributed by atoms with Crippen LogP contribution in [0.25, 0.3) is 11.1 Å². The molecule has 0 radical (unpaired) electrons. The number of nitrogens with one attached hydrogen (secondary N) is 1. The summed E-state index contributed by atoms with van der Waals surface area (Å²) in [5, 5.41) is 12.1. The molecule has 2 amide bonds. The highest BCUT2D eigenvalue weighted by atomic mass is 32.2. The van der Waals surface area contributed by atoms with Crippen molar-refractivity contribution in [2.24, 2.45) is 0 Å². The molecule has 1 atom stereocenters. The zero-order valence-electron chi connectivity index (χ0n) is 25.3.